The van der Waals surface area contributed by atoms with Crippen molar-refractivity contribution in [3.63, 3.8) is 0 Å². The minimum absolute atomic E-state index is 0.0869. The second kappa shape index (κ2) is 7.39. The summed E-state index contributed by atoms with van der Waals surface area (Å²) in [5, 5.41) is 0.244. The van der Waals surface area contributed by atoms with Crippen LogP contribution in [-0.4, -0.2) is 20.5 Å². The van der Waals surface area contributed by atoms with Gasteiger partial charge in [0.25, 0.3) is 0 Å². The van der Waals surface area contributed by atoms with Crippen LogP contribution in [0.4, 0.5) is 0 Å². The Morgan fingerprint density at radius 2 is 1.70 bits per heavy atom. The van der Waals surface area contributed by atoms with Gasteiger partial charge in [-0.25, -0.2) is 0 Å². The van der Waals surface area contributed by atoms with Crippen molar-refractivity contribution in [2.75, 3.05) is 0 Å². The first kappa shape index (κ1) is 20.2. The average molecular weight is 337 g/mol. The third-order valence-corrected chi connectivity index (χ3v) is 9.37. The number of allylic oxidation sites excluding steroid dienone is 5. The highest BCUT2D eigenvalue weighted by Gasteiger charge is 2.38. The molecule has 0 heterocycles. The highest BCUT2D eigenvalue weighted by atomic mass is 28.4. The molecular weight excluding hydrogens is 300 g/mol. The quantitative estimate of drug-likeness (QED) is 0.535. The molecule has 0 fully saturated rings. The molecule has 0 saturated carbocycles. The van der Waals surface area contributed by atoms with E-state index in [1.807, 2.05) is 6.08 Å². The van der Waals surface area contributed by atoms with Gasteiger partial charge in [-0.05, 0) is 44.1 Å². The number of ether oxygens (including phenoxy) is 1. The Kier molecular flexibility index (Phi) is 6.51. The number of hydrogen-bond donors (Lipinski definition) is 0. The van der Waals surface area contributed by atoms with E-state index in [2.05, 4.69) is 85.9 Å². The number of hydrogen-bond acceptors (Lipinski definition) is 2. The van der Waals surface area contributed by atoms with Gasteiger partial charge in [0.15, 0.2) is 8.32 Å². The Balaban J connectivity index is 2.56. The van der Waals surface area contributed by atoms with E-state index in [-0.39, 0.29) is 22.7 Å². The molecule has 1 aliphatic rings. The van der Waals surface area contributed by atoms with E-state index in [0.717, 1.165) is 12.2 Å². The van der Waals surface area contributed by atoms with E-state index in [1.54, 1.807) is 0 Å². The zero-order valence-corrected chi connectivity index (χ0v) is 17.6. The predicted octanol–water partition coefficient (Wildman–Crippen LogP) is 6.23. The van der Waals surface area contributed by atoms with E-state index < -0.39 is 8.32 Å². The van der Waals surface area contributed by atoms with Crippen molar-refractivity contribution in [1.82, 2.24) is 0 Å². The standard InChI is InChI=1S/C20H36O2Si/c1-16(15-17(2)22-23(8,9)19(3,4)5)21-18-11-10-13-20(6,7)14-12-18/h10-14,16-17H,15H2,1-9H3/t16-,17-/m1/s1. The smallest absolute Gasteiger partial charge is 0.192 e. The van der Waals surface area contributed by atoms with E-state index >= 15 is 0 Å². The van der Waals surface area contributed by atoms with Crippen LogP contribution in [0.3, 0.4) is 0 Å². The fraction of sp³-hybridized carbons (Fsp3) is 0.700. The van der Waals surface area contributed by atoms with Crippen molar-refractivity contribution < 1.29 is 9.16 Å². The minimum atomic E-state index is -1.71. The van der Waals surface area contributed by atoms with E-state index in [0.29, 0.717) is 0 Å². The summed E-state index contributed by atoms with van der Waals surface area (Å²) < 4.78 is 12.5. The highest BCUT2D eigenvalue weighted by Crippen LogP contribution is 2.37. The van der Waals surface area contributed by atoms with Crippen LogP contribution >= 0.6 is 0 Å². The van der Waals surface area contributed by atoms with Gasteiger partial charge in [0.05, 0.1) is 6.10 Å². The molecule has 1 rings (SSSR count). The van der Waals surface area contributed by atoms with Gasteiger partial charge in [-0.15, -0.1) is 0 Å². The SMILES string of the molecule is C[C@H](C[C@@H](C)O[Si](C)(C)C(C)(C)C)OC1=CC=CC(C)(C)C=C1. The molecule has 3 heteroatoms. The molecule has 132 valence electrons. The first-order valence-electron chi connectivity index (χ1n) is 8.76. The van der Waals surface area contributed by atoms with Crippen molar-refractivity contribution in [1.29, 1.82) is 0 Å². The molecule has 0 aromatic heterocycles. The molecule has 1 aliphatic carbocycles. The molecule has 2 atom stereocenters. The maximum atomic E-state index is 6.43. The van der Waals surface area contributed by atoms with Crippen molar-refractivity contribution >= 4 is 8.32 Å². The Morgan fingerprint density at radius 3 is 2.26 bits per heavy atom. The zero-order chi connectivity index (χ0) is 17.9. The maximum absolute atomic E-state index is 6.43. The number of rotatable bonds is 6. The third-order valence-electron chi connectivity index (χ3n) is 4.77. The summed E-state index contributed by atoms with van der Waals surface area (Å²) in [4.78, 5) is 0. The molecule has 0 amide bonds. The summed E-state index contributed by atoms with van der Waals surface area (Å²) in [6.45, 7) is 20.1. The molecule has 0 aromatic carbocycles. The molecule has 23 heavy (non-hydrogen) atoms. The van der Waals surface area contributed by atoms with Gasteiger partial charge in [-0.2, -0.15) is 0 Å². The lowest BCUT2D eigenvalue weighted by Gasteiger charge is -2.39. The first-order chi connectivity index (χ1) is 10.3. The Morgan fingerprint density at radius 1 is 1.09 bits per heavy atom. The lowest BCUT2D eigenvalue weighted by Crippen LogP contribution is -2.43. The third kappa shape index (κ3) is 6.68. The fourth-order valence-corrected chi connectivity index (χ4v) is 3.81. The normalized spacial score (nSPS) is 20.7. The molecule has 0 bridgehead atoms. The Bertz CT molecular complexity index is 478. The zero-order valence-electron chi connectivity index (χ0n) is 16.6. The van der Waals surface area contributed by atoms with E-state index in [1.165, 1.54) is 0 Å². The van der Waals surface area contributed by atoms with Crippen LogP contribution in [0.1, 0.15) is 54.9 Å². The van der Waals surface area contributed by atoms with Gasteiger partial charge in [0, 0.05) is 17.9 Å². The summed E-state index contributed by atoms with van der Waals surface area (Å²) in [6, 6.07) is 0. The molecular formula is C20H36O2Si. The molecule has 0 N–H and O–H groups in total. The molecule has 0 unspecified atom stereocenters. The molecule has 0 aromatic rings. The van der Waals surface area contributed by atoms with Crippen LogP contribution in [0.2, 0.25) is 18.1 Å². The summed E-state index contributed by atoms with van der Waals surface area (Å²) in [7, 11) is -1.71. The monoisotopic (exact) mass is 336 g/mol. The van der Waals surface area contributed by atoms with E-state index in [4.69, 9.17) is 9.16 Å². The van der Waals surface area contributed by atoms with Gasteiger partial charge in [0.1, 0.15) is 5.76 Å². The van der Waals surface area contributed by atoms with Crippen LogP contribution in [-0.2, 0) is 9.16 Å². The molecule has 0 aliphatic heterocycles. The van der Waals surface area contributed by atoms with Crippen molar-refractivity contribution in [2.24, 2.45) is 5.41 Å². The van der Waals surface area contributed by atoms with Crippen LogP contribution in [0.5, 0.6) is 0 Å². The predicted molar refractivity (Wildman–Crippen MR) is 103 cm³/mol. The molecule has 0 saturated heterocycles. The minimum Gasteiger partial charge on any atom is -0.491 e. The Hall–Kier alpha value is -0.803. The lowest BCUT2D eigenvalue weighted by molar-refractivity contribution is 0.0814. The van der Waals surface area contributed by atoms with Crippen LogP contribution in [0, 0.1) is 5.41 Å². The van der Waals surface area contributed by atoms with Crippen molar-refractivity contribution in [3.8, 4) is 0 Å². The van der Waals surface area contributed by atoms with Gasteiger partial charge in [-0.1, -0.05) is 52.8 Å². The summed E-state index contributed by atoms with van der Waals surface area (Å²) in [6.07, 6.45) is 11.8. The van der Waals surface area contributed by atoms with Gasteiger partial charge in [-0.3, -0.25) is 0 Å². The lowest BCUT2D eigenvalue weighted by atomic mass is 9.93. The topological polar surface area (TPSA) is 18.5 Å². The van der Waals surface area contributed by atoms with Crippen LogP contribution in [0.15, 0.2) is 36.1 Å². The summed E-state index contributed by atoms with van der Waals surface area (Å²) >= 11 is 0. The maximum Gasteiger partial charge on any atom is 0.192 e. The van der Waals surface area contributed by atoms with Gasteiger partial charge in [0.2, 0.25) is 0 Å². The molecule has 2 nitrogen and oxygen atoms in total. The van der Waals surface area contributed by atoms with Crippen LogP contribution < -0.4 is 0 Å². The average Bonchev–Trinajstić information content (AvgIpc) is 2.48. The summed E-state index contributed by atoms with van der Waals surface area (Å²) in [5.74, 6) is 0.929. The van der Waals surface area contributed by atoms with Crippen molar-refractivity contribution in [3.05, 3.63) is 36.1 Å². The highest BCUT2D eigenvalue weighted by molar-refractivity contribution is 6.74. The van der Waals surface area contributed by atoms with Gasteiger partial charge >= 0.3 is 0 Å². The van der Waals surface area contributed by atoms with E-state index in [9.17, 15) is 0 Å². The first-order valence-corrected chi connectivity index (χ1v) is 11.7. The largest absolute Gasteiger partial charge is 0.491 e. The summed E-state index contributed by atoms with van der Waals surface area (Å²) in [5.41, 5.74) is 0.0869. The van der Waals surface area contributed by atoms with Gasteiger partial charge < -0.3 is 9.16 Å². The second-order valence-corrected chi connectivity index (χ2v) is 13.7. The molecule has 0 radical (unpaired) electrons. The fourth-order valence-electron chi connectivity index (χ4n) is 2.35. The second-order valence-electron chi connectivity index (χ2n) is 8.94. The molecule has 0 spiro atoms. The Labute approximate surface area is 144 Å². The van der Waals surface area contributed by atoms with Crippen molar-refractivity contribution in [2.45, 2.75) is 85.2 Å². The van der Waals surface area contributed by atoms with Crippen LogP contribution in [0.25, 0.3) is 0 Å².